The Morgan fingerprint density at radius 1 is 1.33 bits per heavy atom. The second kappa shape index (κ2) is 6.01. The summed E-state index contributed by atoms with van der Waals surface area (Å²) in [6.07, 6.45) is 0.636. The Bertz CT molecular complexity index is 426. The van der Waals surface area contributed by atoms with Crippen LogP contribution in [0.3, 0.4) is 0 Å². The molecule has 0 radical (unpaired) electrons. The fraction of sp³-hybridized carbons (Fsp3) is 0.533. The van der Waals surface area contributed by atoms with E-state index in [1.54, 1.807) is 7.11 Å². The van der Waals surface area contributed by atoms with Crippen molar-refractivity contribution in [1.82, 2.24) is 0 Å². The summed E-state index contributed by atoms with van der Waals surface area (Å²) in [4.78, 5) is 12.6. The molecular weight excluding hydrogens is 228 g/mol. The zero-order chi connectivity index (χ0) is 13.8. The van der Waals surface area contributed by atoms with Gasteiger partial charge in [0.25, 0.3) is 0 Å². The first-order valence-corrected chi connectivity index (χ1v) is 6.32. The van der Waals surface area contributed by atoms with Gasteiger partial charge in [0.2, 0.25) is 0 Å². The highest BCUT2D eigenvalue weighted by Crippen LogP contribution is 2.28. The normalized spacial score (nSPS) is 14.1. The molecule has 0 aliphatic rings. The smallest absolute Gasteiger partial charge is 0.198 e. The van der Waals surface area contributed by atoms with Gasteiger partial charge in [-0.05, 0) is 39.3 Å². The average molecular weight is 250 g/mol. The quantitative estimate of drug-likeness (QED) is 0.726. The Kier molecular flexibility index (Phi) is 4.91. The molecule has 1 rings (SSSR count). The first-order chi connectivity index (χ1) is 8.48. The van der Waals surface area contributed by atoms with Gasteiger partial charge in [-0.3, -0.25) is 4.79 Å². The number of ketones is 1. The van der Waals surface area contributed by atoms with Crippen LogP contribution in [0.2, 0.25) is 0 Å². The monoisotopic (exact) mass is 250 g/mol. The second-order valence-electron chi connectivity index (χ2n) is 4.55. The van der Waals surface area contributed by atoms with Gasteiger partial charge in [-0.2, -0.15) is 0 Å². The molecule has 0 bridgehead atoms. The van der Waals surface area contributed by atoms with E-state index in [2.05, 4.69) is 0 Å². The maximum absolute atomic E-state index is 12.6. The zero-order valence-corrected chi connectivity index (χ0v) is 11.9. The molecule has 3 heteroatoms. The molecule has 0 saturated carbocycles. The van der Waals surface area contributed by atoms with Crippen molar-refractivity contribution < 1.29 is 14.3 Å². The first kappa shape index (κ1) is 14.7. The summed E-state index contributed by atoms with van der Waals surface area (Å²) in [5.74, 6) is 0.581. The van der Waals surface area contributed by atoms with Crippen LogP contribution in [0.5, 0.6) is 5.75 Å². The first-order valence-electron chi connectivity index (χ1n) is 6.32. The number of carbonyl (C=O) groups excluding carboxylic acids is 1. The van der Waals surface area contributed by atoms with Crippen LogP contribution in [-0.4, -0.2) is 25.1 Å². The maximum atomic E-state index is 12.6. The predicted octanol–water partition coefficient (Wildman–Crippen LogP) is 3.39. The summed E-state index contributed by atoms with van der Waals surface area (Å²) >= 11 is 0. The number of hydrogen-bond acceptors (Lipinski definition) is 3. The molecule has 100 valence electrons. The molecule has 3 nitrogen and oxygen atoms in total. The average Bonchev–Trinajstić information content (AvgIpc) is 2.38. The second-order valence-corrected chi connectivity index (χ2v) is 4.55. The molecule has 1 unspecified atom stereocenters. The largest absolute Gasteiger partial charge is 0.496 e. The number of ether oxygens (including phenoxy) is 2. The number of rotatable bonds is 6. The highest BCUT2D eigenvalue weighted by molar-refractivity contribution is 6.04. The van der Waals surface area contributed by atoms with E-state index >= 15 is 0 Å². The Morgan fingerprint density at radius 2 is 2.00 bits per heavy atom. The molecule has 0 N–H and O–H groups in total. The van der Waals surface area contributed by atoms with Crippen LogP contribution < -0.4 is 4.74 Å². The molecule has 1 atom stereocenters. The predicted molar refractivity (Wildman–Crippen MR) is 72.4 cm³/mol. The number of hydrogen-bond donors (Lipinski definition) is 0. The molecule has 0 aromatic heterocycles. The maximum Gasteiger partial charge on any atom is 0.198 e. The Labute approximate surface area is 109 Å². The van der Waals surface area contributed by atoms with Gasteiger partial charge in [0.1, 0.15) is 11.4 Å². The van der Waals surface area contributed by atoms with Crippen LogP contribution >= 0.6 is 0 Å². The van der Waals surface area contributed by atoms with E-state index in [4.69, 9.17) is 9.47 Å². The molecule has 0 saturated heterocycles. The van der Waals surface area contributed by atoms with Crippen molar-refractivity contribution in [2.75, 3.05) is 13.7 Å². The van der Waals surface area contributed by atoms with Crippen LogP contribution in [0.1, 0.15) is 43.1 Å². The SMILES string of the molecule is CCOC(C)(CC)C(=O)c1cc(C)ccc1OC. The number of methoxy groups -OCH3 is 1. The van der Waals surface area contributed by atoms with Gasteiger partial charge in [0, 0.05) is 6.61 Å². The molecule has 0 spiro atoms. The highest BCUT2D eigenvalue weighted by atomic mass is 16.5. The third kappa shape index (κ3) is 2.91. The van der Waals surface area contributed by atoms with Gasteiger partial charge >= 0.3 is 0 Å². The zero-order valence-electron chi connectivity index (χ0n) is 11.9. The van der Waals surface area contributed by atoms with Gasteiger partial charge in [-0.15, -0.1) is 0 Å². The van der Waals surface area contributed by atoms with Gasteiger partial charge in [-0.1, -0.05) is 18.6 Å². The third-order valence-electron chi connectivity index (χ3n) is 3.22. The molecule has 0 fully saturated rings. The Morgan fingerprint density at radius 3 is 2.50 bits per heavy atom. The molecule has 1 aromatic carbocycles. The fourth-order valence-corrected chi connectivity index (χ4v) is 1.93. The van der Waals surface area contributed by atoms with Gasteiger partial charge < -0.3 is 9.47 Å². The van der Waals surface area contributed by atoms with Crippen LogP contribution in [0.15, 0.2) is 18.2 Å². The number of aryl methyl sites for hydroxylation is 1. The van der Waals surface area contributed by atoms with E-state index in [1.807, 2.05) is 45.9 Å². The van der Waals surface area contributed by atoms with Crippen LogP contribution in [0.25, 0.3) is 0 Å². The van der Waals surface area contributed by atoms with Crippen molar-refractivity contribution in [2.45, 2.75) is 39.7 Å². The summed E-state index contributed by atoms with van der Waals surface area (Å²) in [6, 6.07) is 5.61. The Balaban J connectivity index is 3.20. The van der Waals surface area contributed by atoms with Crippen molar-refractivity contribution in [3.63, 3.8) is 0 Å². The van der Waals surface area contributed by atoms with Crippen LogP contribution in [0.4, 0.5) is 0 Å². The standard InChI is InChI=1S/C15H22O3/c1-6-15(4,18-7-2)14(16)12-10-11(3)8-9-13(12)17-5/h8-10H,6-7H2,1-5H3. The summed E-state index contributed by atoms with van der Waals surface area (Å²) in [5.41, 5.74) is 0.847. The molecule has 0 heterocycles. The Hall–Kier alpha value is -1.35. The van der Waals surface area contributed by atoms with Crippen molar-refractivity contribution in [1.29, 1.82) is 0 Å². The number of benzene rings is 1. The lowest BCUT2D eigenvalue weighted by atomic mass is 9.90. The van der Waals surface area contributed by atoms with Crippen molar-refractivity contribution in [3.8, 4) is 5.75 Å². The molecule has 0 aliphatic heterocycles. The minimum Gasteiger partial charge on any atom is -0.496 e. The van der Waals surface area contributed by atoms with E-state index in [9.17, 15) is 4.79 Å². The minimum atomic E-state index is -0.782. The summed E-state index contributed by atoms with van der Waals surface area (Å²) in [5, 5.41) is 0. The number of carbonyl (C=O) groups is 1. The third-order valence-corrected chi connectivity index (χ3v) is 3.22. The van der Waals surface area contributed by atoms with Crippen molar-refractivity contribution >= 4 is 5.78 Å². The molecule has 1 aromatic rings. The molecule has 0 aliphatic carbocycles. The van der Waals surface area contributed by atoms with E-state index < -0.39 is 5.60 Å². The minimum absolute atomic E-state index is 0.0209. The van der Waals surface area contributed by atoms with E-state index in [-0.39, 0.29) is 5.78 Å². The van der Waals surface area contributed by atoms with E-state index in [0.29, 0.717) is 24.3 Å². The number of Topliss-reactive ketones (excluding diaryl/α,β-unsaturated/α-hetero) is 1. The van der Waals surface area contributed by atoms with Gasteiger partial charge in [-0.25, -0.2) is 0 Å². The summed E-state index contributed by atoms with van der Waals surface area (Å²) < 4.78 is 10.9. The topological polar surface area (TPSA) is 35.5 Å². The highest BCUT2D eigenvalue weighted by Gasteiger charge is 2.34. The molecular formula is C15H22O3. The van der Waals surface area contributed by atoms with E-state index in [0.717, 1.165) is 5.56 Å². The lowest BCUT2D eigenvalue weighted by Crippen LogP contribution is -2.38. The molecule has 18 heavy (non-hydrogen) atoms. The fourth-order valence-electron chi connectivity index (χ4n) is 1.93. The molecule has 0 amide bonds. The lowest BCUT2D eigenvalue weighted by Gasteiger charge is -2.27. The van der Waals surface area contributed by atoms with Gasteiger partial charge in [0.15, 0.2) is 5.78 Å². The lowest BCUT2D eigenvalue weighted by molar-refractivity contribution is -0.0117. The van der Waals surface area contributed by atoms with E-state index in [1.165, 1.54) is 0 Å². The van der Waals surface area contributed by atoms with Crippen LogP contribution in [-0.2, 0) is 4.74 Å². The van der Waals surface area contributed by atoms with Gasteiger partial charge in [0.05, 0.1) is 12.7 Å². The summed E-state index contributed by atoms with van der Waals surface area (Å²) in [6.45, 7) is 8.16. The van der Waals surface area contributed by atoms with Crippen molar-refractivity contribution in [2.24, 2.45) is 0 Å². The van der Waals surface area contributed by atoms with Crippen molar-refractivity contribution in [3.05, 3.63) is 29.3 Å². The van der Waals surface area contributed by atoms with Crippen LogP contribution in [0, 0.1) is 6.92 Å². The summed E-state index contributed by atoms with van der Waals surface area (Å²) in [7, 11) is 1.57.